The van der Waals surface area contributed by atoms with E-state index in [0.29, 0.717) is 24.5 Å². The van der Waals surface area contributed by atoms with Gasteiger partial charge in [0, 0.05) is 43.0 Å². The van der Waals surface area contributed by atoms with Gasteiger partial charge in [-0.25, -0.2) is 9.07 Å². The summed E-state index contributed by atoms with van der Waals surface area (Å²) in [6, 6.07) is 15.5. The van der Waals surface area contributed by atoms with Gasteiger partial charge in [-0.15, -0.1) is 0 Å². The summed E-state index contributed by atoms with van der Waals surface area (Å²) in [4.78, 5) is 14.9. The molecule has 0 spiro atoms. The highest BCUT2D eigenvalue weighted by Crippen LogP contribution is 2.21. The molecule has 0 aliphatic carbocycles. The van der Waals surface area contributed by atoms with E-state index in [2.05, 4.69) is 5.10 Å². The molecule has 1 aromatic heterocycles. The molecule has 0 N–H and O–H groups in total. The highest BCUT2D eigenvalue weighted by molar-refractivity contribution is 5.94. The minimum absolute atomic E-state index is 0.0180. The average molecular weight is 379 g/mol. The van der Waals surface area contributed by atoms with Crippen molar-refractivity contribution in [2.24, 2.45) is 5.92 Å². The lowest BCUT2D eigenvalue weighted by atomic mass is 9.98. The number of piperidine rings is 1. The number of likely N-dealkylation sites (tertiary alicyclic amines) is 1. The Labute approximate surface area is 163 Å². The lowest BCUT2D eigenvalue weighted by Crippen LogP contribution is -2.41. The first-order valence-electron chi connectivity index (χ1n) is 9.47. The topological polar surface area (TPSA) is 47.4 Å². The van der Waals surface area contributed by atoms with Crippen molar-refractivity contribution >= 4 is 5.91 Å². The van der Waals surface area contributed by atoms with E-state index in [-0.39, 0.29) is 17.6 Å². The number of carbonyl (C=O) groups is 1. The Kier molecular flexibility index (Phi) is 5.37. The van der Waals surface area contributed by atoms with E-state index in [0.717, 1.165) is 25.1 Å². The highest BCUT2D eigenvalue weighted by Gasteiger charge is 2.25. The molecule has 1 saturated heterocycles. The van der Waals surface area contributed by atoms with Crippen LogP contribution in [-0.4, -0.2) is 40.3 Å². The molecule has 2 heterocycles. The van der Waals surface area contributed by atoms with Crippen LogP contribution >= 0.6 is 0 Å². The van der Waals surface area contributed by atoms with E-state index in [1.54, 1.807) is 23.0 Å². The molecule has 0 bridgehead atoms. The summed E-state index contributed by atoms with van der Waals surface area (Å²) in [6.45, 7) is 1.85. The van der Waals surface area contributed by atoms with Crippen LogP contribution in [-0.2, 0) is 0 Å². The van der Waals surface area contributed by atoms with E-state index < -0.39 is 0 Å². The fraction of sp³-hybridized carbons (Fsp3) is 0.273. The number of ether oxygens (including phenoxy) is 1. The van der Waals surface area contributed by atoms with Crippen LogP contribution in [0.4, 0.5) is 4.39 Å². The summed E-state index contributed by atoms with van der Waals surface area (Å²) in [5, 5.41) is 4.22. The third-order valence-corrected chi connectivity index (χ3v) is 4.95. The van der Waals surface area contributed by atoms with Gasteiger partial charge in [0.1, 0.15) is 11.6 Å². The van der Waals surface area contributed by atoms with Gasteiger partial charge in [-0.05, 0) is 49.2 Å². The molecule has 144 valence electrons. The number of carbonyl (C=O) groups excluding carboxylic acids is 1. The Morgan fingerprint density at radius 3 is 2.89 bits per heavy atom. The molecule has 0 unspecified atom stereocenters. The van der Waals surface area contributed by atoms with Gasteiger partial charge in [0.15, 0.2) is 0 Å². The summed E-state index contributed by atoms with van der Waals surface area (Å²) in [7, 11) is 0. The fourth-order valence-electron chi connectivity index (χ4n) is 3.54. The zero-order chi connectivity index (χ0) is 19.3. The second-order valence-corrected chi connectivity index (χ2v) is 7.03. The number of rotatable bonds is 5. The van der Waals surface area contributed by atoms with Crippen molar-refractivity contribution in [2.45, 2.75) is 12.8 Å². The molecular formula is C22H22FN3O2. The van der Waals surface area contributed by atoms with E-state index in [4.69, 9.17) is 4.74 Å². The van der Waals surface area contributed by atoms with Gasteiger partial charge in [0.2, 0.25) is 0 Å². The highest BCUT2D eigenvalue weighted by atomic mass is 19.1. The van der Waals surface area contributed by atoms with Gasteiger partial charge < -0.3 is 9.64 Å². The van der Waals surface area contributed by atoms with Gasteiger partial charge in [-0.1, -0.05) is 12.1 Å². The summed E-state index contributed by atoms with van der Waals surface area (Å²) < 4.78 is 20.8. The summed E-state index contributed by atoms with van der Waals surface area (Å²) in [6.07, 6.45) is 5.49. The third-order valence-electron chi connectivity index (χ3n) is 4.95. The van der Waals surface area contributed by atoms with Gasteiger partial charge in [-0.3, -0.25) is 4.79 Å². The molecule has 4 rings (SSSR count). The Morgan fingerprint density at radius 1 is 1.18 bits per heavy atom. The first-order valence-corrected chi connectivity index (χ1v) is 9.47. The van der Waals surface area contributed by atoms with Gasteiger partial charge in [-0.2, -0.15) is 5.10 Å². The minimum atomic E-state index is -0.310. The number of aromatic nitrogens is 2. The van der Waals surface area contributed by atoms with Crippen molar-refractivity contribution in [2.75, 3.05) is 19.7 Å². The second kappa shape index (κ2) is 8.25. The molecule has 1 aliphatic rings. The maximum Gasteiger partial charge on any atom is 0.253 e. The van der Waals surface area contributed by atoms with E-state index in [1.165, 1.54) is 12.1 Å². The third kappa shape index (κ3) is 4.22. The Morgan fingerprint density at radius 2 is 2.07 bits per heavy atom. The minimum Gasteiger partial charge on any atom is -0.493 e. The molecule has 28 heavy (non-hydrogen) atoms. The van der Waals surface area contributed by atoms with Crippen LogP contribution in [0, 0.1) is 11.7 Å². The first-order chi connectivity index (χ1) is 13.7. The average Bonchev–Trinajstić information content (AvgIpc) is 3.27. The van der Waals surface area contributed by atoms with Gasteiger partial charge in [0.25, 0.3) is 5.91 Å². The Bertz CT molecular complexity index is 942. The first kappa shape index (κ1) is 18.2. The van der Waals surface area contributed by atoms with Crippen molar-refractivity contribution < 1.29 is 13.9 Å². The van der Waals surface area contributed by atoms with Crippen molar-refractivity contribution in [3.05, 3.63) is 78.4 Å². The SMILES string of the molecule is O=C(c1cccc(-n2cccn2)c1)N1CCC[C@H](COc2cccc(F)c2)C1. The van der Waals surface area contributed by atoms with Crippen LogP contribution in [0.5, 0.6) is 5.75 Å². The maximum absolute atomic E-state index is 13.3. The Balaban J connectivity index is 1.40. The summed E-state index contributed by atoms with van der Waals surface area (Å²) in [5.74, 6) is 0.463. The number of hydrogen-bond acceptors (Lipinski definition) is 3. The number of benzene rings is 2. The largest absolute Gasteiger partial charge is 0.493 e. The molecule has 6 heteroatoms. The quantitative estimate of drug-likeness (QED) is 0.675. The smallest absolute Gasteiger partial charge is 0.253 e. The molecule has 1 amide bonds. The maximum atomic E-state index is 13.3. The fourth-order valence-corrected chi connectivity index (χ4v) is 3.54. The van der Waals surface area contributed by atoms with Crippen LogP contribution in [0.3, 0.4) is 0 Å². The van der Waals surface area contributed by atoms with E-state index >= 15 is 0 Å². The van der Waals surface area contributed by atoms with Crippen molar-refractivity contribution in [3.8, 4) is 11.4 Å². The number of halogens is 1. The molecule has 1 fully saturated rings. The van der Waals surface area contributed by atoms with Gasteiger partial charge >= 0.3 is 0 Å². The number of nitrogens with zero attached hydrogens (tertiary/aromatic N) is 3. The zero-order valence-corrected chi connectivity index (χ0v) is 15.5. The van der Waals surface area contributed by atoms with Crippen LogP contribution in [0.25, 0.3) is 5.69 Å². The van der Waals surface area contributed by atoms with Crippen LogP contribution in [0.1, 0.15) is 23.2 Å². The second-order valence-electron chi connectivity index (χ2n) is 7.03. The molecule has 0 saturated carbocycles. The molecule has 5 nitrogen and oxygen atoms in total. The standard InChI is InChI=1S/C22H22FN3O2/c23-19-7-2-9-21(14-19)28-16-17-5-3-11-25(15-17)22(27)18-6-1-8-20(13-18)26-12-4-10-24-26/h1-2,4,6-10,12-14,17H,3,5,11,15-16H2/t17-/m0/s1. The van der Waals surface area contributed by atoms with Crippen LogP contribution in [0.2, 0.25) is 0 Å². The monoisotopic (exact) mass is 379 g/mol. The Hall–Kier alpha value is -3.15. The molecule has 2 aromatic carbocycles. The van der Waals surface area contributed by atoms with Crippen molar-refractivity contribution in [1.29, 1.82) is 0 Å². The van der Waals surface area contributed by atoms with Crippen LogP contribution in [0.15, 0.2) is 67.0 Å². The number of amides is 1. The van der Waals surface area contributed by atoms with E-state index in [9.17, 15) is 9.18 Å². The summed E-state index contributed by atoms with van der Waals surface area (Å²) >= 11 is 0. The normalized spacial score (nSPS) is 16.8. The van der Waals surface area contributed by atoms with Gasteiger partial charge in [0.05, 0.1) is 12.3 Å². The molecule has 1 aliphatic heterocycles. The molecule has 0 radical (unpaired) electrons. The van der Waals surface area contributed by atoms with Crippen molar-refractivity contribution in [1.82, 2.24) is 14.7 Å². The number of hydrogen-bond donors (Lipinski definition) is 0. The molecular weight excluding hydrogens is 357 g/mol. The zero-order valence-electron chi connectivity index (χ0n) is 15.5. The molecule has 3 aromatic rings. The predicted octanol–water partition coefficient (Wildman–Crippen LogP) is 3.94. The lowest BCUT2D eigenvalue weighted by Gasteiger charge is -2.32. The van der Waals surface area contributed by atoms with E-state index in [1.807, 2.05) is 41.4 Å². The lowest BCUT2D eigenvalue weighted by molar-refractivity contribution is 0.0633. The molecule has 1 atom stereocenters. The summed E-state index contributed by atoms with van der Waals surface area (Å²) in [5.41, 5.74) is 1.51. The van der Waals surface area contributed by atoms with Crippen LogP contribution < -0.4 is 4.74 Å². The van der Waals surface area contributed by atoms with Crippen molar-refractivity contribution in [3.63, 3.8) is 0 Å². The predicted molar refractivity (Wildman–Crippen MR) is 104 cm³/mol.